The van der Waals surface area contributed by atoms with Gasteiger partial charge < -0.3 is 4.74 Å². The third-order valence-corrected chi connectivity index (χ3v) is 2.02. The van der Waals surface area contributed by atoms with E-state index in [2.05, 4.69) is 11.7 Å². The molecule has 1 radical (unpaired) electrons. The fourth-order valence-electron chi connectivity index (χ4n) is 1.29. The SMILES string of the molecule is [CH2]CCc1ccc(COCC(F)(F)F)cc1. The third kappa shape index (κ3) is 5.16. The van der Waals surface area contributed by atoms with Crippen molar-refractivity contribution in [2.75, 3.05) is 6.61 Å². The lowest BCUT2D eigenvalue weighted by atomic mass is 10.1. The van der Waals surface area contributed by atoms with E-state index in [0.717, 1.165) is 24.0 Å². The summed E-state index contributed by atoms with van der Waals surface area (Å²) in [5.74, 6) is 0. The Morgan fingerprint density at radius 1 is 1.06 bits per heavy atom. The van der Waals surface area contributed by atoms with Crippen molar-refractivity contribution >= 4 is 0 Å². The zero-order valence-corrected chi connectivity index (χ0v) is 8.89. The molecule has 0 spiro atoms. The Morgan fingerprint density at radius 3 is 2.12 bits per heavy atom. The van der Waals surface area contributed by atoms with Crippen LogP contribution < -0.4 is 0 Å². The predicted octanol–water partition coefficient (Wildman–Crippen LogP) is 3.53. The molecule has 0 saturated heterocycles. The van der Waals surface area contributed by atoms with E-state index in [4.69, 9.17) is 0 Å². The topological polar surface area (TPSA) is 9.23 Å². The van der Waals surface area contributed by atoms with Crippen molar-refractivity contribution in [3.63, 3.8) is 0 Å². The Morgan fingerprint density at radius 2 is 1.62 bits per heavy atom. The van der Waals surface area contributed by atoms with Gasteiger partial charge in [0.25, 0.3) is 0 Å². The molecule has 0 aliphatic carbocycles. The van der Waals surface area contributed by atoms with Gasteiger partial charge in [-0.2, -0.15) is 13.2 Å². The van der Waals surface area contributed by atoms with Crippen LogP contribution in [0.4, 0.5) is 13.2 Å². The first kappa shape index (κ1) is 13.0. The summed E-state index contributed by atoms with van der Waals surface area (Å²) in [7, 11) is 0. The van der Waals surface area contributed by atoms with Crippen molar-refractivity contribution in [2.24, 2.45) is 0 Å². The minimum absolute atomic E-state index is 0.00976. The van der Waals surface area contributed by atoms with Crippen LogP contribution in [0.15, 0.2) is 24.3 Å². The summed E-state index contributed by atoms with van der Waals surface area (Å²) in [6, 6.07) is 7.33. The standard InChI is InChI=1S/C12H14F3O/c1-2-3-10-4-6-11(7-5-10)8-16-9-12(13,14)15/h4-7H,1-3,8-9H2. The minimum atomic E-state index is -4.26. The van der Waals surface area contributed by atoms with E-state index >= 15 is 0 Å². The Hall–Kier alpha value is -1.03. The van der Waals surface area contributed by atoms with Gasteiger partial charge in [0.05, 0.1) is 6.61 Å². The van der Waals surface area contributed by atoms with Crippen molar-refractivity contribution in [2.45, 2.75) is 25.6 Å². The summed E-state index contributed by atoms with van der Waals surface area (Å²) in [6.07, 6.45) is -2.57. The molecule has 1 nitrogen and oxygen atoms in total. The van der Waals surface area contributed by atoms with Gasteiger partial charge in [0.1, 0.15) is 6.61 Å². The van der Waals surface area contributed by atoms with Crippen molar-refractivity contribution < 1.29 is 17.9 Å². The van der Waals surface area contributed by atoms with Gasteiger partial charge in [0, 0.05) is 0 Å². The van der Waals surface area contributed by atoms with Crippen LogP contribution in [0.2, 0.25) is 0 Å². The number of ether oxygens (including phenoxy) is 1. The van der Waals surface area contributed by atoms with E-state index in [9.17, 15) is 13.2 Å². The molecule has 16 heavy (non-hydrogen) atoms. The number of benzene rings is 1. The maximum atomic E-state index is 11.8. The largest absolute Gasteiger partial charge is 0.411 e. The van der Waals surface area contributed by atoms with Crippen molar-refractivity contribution in [1.82, 2.24) is 0 Å². The lowest BCUT2D eigenvalue weighted by Gasteiger charge is -2.08. The Bertz CT molecular complexity index is 303. The first-order chi connectivity index (χ1) is 7.51. The Balaban J connectivity index is 2.37. The van der Waals surface area contributed by atoms with Gasteiger partial charge in [0.15, 0.2) is 0 Å². The number of alkyl halides is 3. The molecule has 1 aromatic carbocycles. The molecule has 0 aromatic heterocycles. The van der Waals surface area contributed by atoms with Crippen molar-refractivity contribution in [1.29, 1.82) is 0 Å². The quantitative estimate of drug-likeness (QED) is 0.753. The van der Waals surface area contributed by atoms with Gasteiger partial charge in [-0.1, -0.05) is 31.2 Å². The number of rotatable bonds is 5. The minimum Gasteiger partial charge on any atom is -0.367 e. The smallest absolute Gasteiger partial charge is 0.367 e. The van der Waals surface area contributed by atoms with Crippen LogP contribution in [0.1, 0.15) is 17.5 Å². The highest BCUT2D eigenvalue weighted by Crippen LogP contribution is 2.15. The maximum Gasteiger partial charge on any atom is 0.411 e. The number of hydrogen-bond donors (Lipinski definition) is 0. The van der Waals surface area contributed by atoms with Crippen LogP contribution >= 0.6 is 0 Å². The van der Waals surface area contributed by atoms with Gasteiger partial charge in [-0.25, -0.2) is 0 Å². The molecule has 0 amide bonds. The fraction of sp³-hybridized carbons (Fsp3) is 0.417. The van der Waals surface area contributed by atoms with Crippen LogP contribution in [-0.4, -0.2) is 12.8 Å². The molecular weight excluding hydrogens is 217 g/mol. The molecule has 89 valence electrons. The van der Waals surface area contributed by atoms with E-state index < -0.39 is 12.8 Å². The van der Waals surface area contributed by atoms with E-state index in [-0.39, 0.29) is 6.61 Å². The van der Waals surface area contributed by atoms with Crippen LogP contribution in [0.25, 0.3) is 0 Å². The van der Waals surface area contributed by atoms with E-state index in [1.807, 2.05) is 12.1 Å². The highest BCUT2D eigenvalue weighted by atomic mass is 19.4. The summed E-state index contributed by atoms with van der Waals surface area (Å²) < 4.78 is 39.9. The van der Waals surface area contributed by atoms with Gasteiger partial charge in [-0.05, 0) is 24.0 Å². The second-order valence-corrected chi connectivity index (χ2v) is 3.53. The summed E-state index contributed by atoms with van der Waals surface area (Å²) in [4.78, 5) is 0. The lowest BCUT2D eigenvalue weighted by Crippen LogP contribution is -2.16. The number of halogens is 3. The van der Waals surface area contributed by atoms with E-state index in [1.54, 1.807) is 12.1 Å². The molecular formula is C12H14F3O. The Labute approximate surface area is 93.2 Å². The molecule has 1 rings (SSSR count). The molecule has 4 heteroatoms. The average Bonchev–Trinajstić information content (AvgIpc) is 2.19. The summed E-state index contributed by atoms with van der Waals surface area (Å²) in [5, 5.41) is 0. The van der Waals surface area contributed by atoms with Gasteiger partial charge in [-0.15, -0.1) is 0 Å². The van der Waals surface area contributed by atoms with Gasteiger partial charge >= 0.3 is 6.18 Å². The summed E-state index contributed by atoms with van der Waals surface area (Å²) in [5.41, 5.74) is 1.88. The van der Waals surface area contributed by atoms with E-state index in [0.29, 0.717) is 0 Å². The zero-order chi connectivity index (χ0) is 12.0. The molecule has 0 N–H and O–H groups in total. The molecule has 0 fully saturated rings. The highest BCUT2D eigenvalue weighted by Gasteiger charge is 2.27. The normalized spacial score (nSPS) is 11.8. The Kier molecular flexibility index (Phi) is 4.80. The first-order valence-corrected chi connectivity index (χ1v) is 5.03. The molecule has 0 aliphatic rings. The summed E-state index contributed by atoms with van der Waals surface area (Å²) >= 11 is 0. The molecule has 0 aliphatic heterocycles. The molecule has 1 aromatic rings. The monoisotopic (exact) mass is 231 g/mol. The fourth-order valence-corrected chi connectivity index (χ4v) is 1.29. The maximum absolute atomic E-state index is 11.8. The molecule has 0 heterocycles. The van der Waals surface area contributed by atoms with Crippen LogP contribution in [0.3, 0.4) is 0 Å². The van der Waals surface area contributed by atoms with Gasteiger partial charge in [0.2, 0.25) is 0 Å². The van der Waals surface area contributed by atoms with E-state index in [1.165, 1.54) is 0 Å². The zero-order valence-electron chi connectivity index (χ0n) is 8.89. The van der Waals surface area contributed by atoms with Crippen LogP contribution in [0, 0.1) is 6.92 Å². The van der Waals surface area contributed by atoms with Crippen LogP contribution in [0.5, 0.6) is 0 Å². The molecule has 0 saturated carbocycles. The second kappa shape index (κ2) is 5.89. The number of hydrogen-bond acceptors (Lipinski definition) is 1. The van der Waals surface area contributed by atoms with Crippen molar-refractivity contribution in [3.05, 3.63) is 42.3 Å². The molecule has 0 bridgehead atoms. The van der Waals surface area contributed by atoms with Crippen molar-refractivity contribution in [3.8, 4) is 0 Å². The molecule has 0 atom stereocenters. The average molecular weight is 231 g/mol. The molecule has 0 unspecified atom stereocenters. The number of aryl methyl sites for hydroxylation is 1. The lowest BCUT2D eigenvalue weighted by molar-refractivity contribution is -0.176. The third-order valence-electron chi connectivity index (χ3n) is 2.02. The summed E-state index contributed by atoms with van der Waals surface area (Å²) in [6.45, 7) is 2.52. The predicted molar refractivity (Wildman–Crippen MR) is 55.8 cm³/mol. The van der Waals surface area contributed by atoms with Crippen LogP contribution in [-0.2, 0) is 17.8 Å². The first-order valence-electron chi connectivity index (χ1n) is 5.03. The van der Waals surface area contributed by atoms with Gasteiger partial charge in [-0.3, -0.25) is 0 Å². The second-order valence-electron chi connectivity index (χ2n) is 3.53. The highest BCUT2D eigenvalue weighted by molar-refractivity contribution is 5.22.